The van der Waals surface area contributed by atoms with E-state index in [-0.39, 0.29) is 11.9 Å². The molecule has 1 aromatic carbocycles. The molecule has 3 rings (SSSR count). The number of halogens is 2. The van der Waals surface area contributed by atoms with Gasteiger partial charge in [-0.25, -0.2) is 9.59 Å². The molecule has 2 fully saturated rings. The van der Waals surface area contributed by atoms with Crippen LogP contribution in [0, 0.1) is 0 Å². The van der Waals surface area contributed by atoms with Crippen LogP contribution >= 0.6 is 23.2 Å². The topological polar surface area (TPSA) is 115 Å². The molecule has 8 nitrogen and oxygen atoms in total. The number of amides is 1. The summed E-state index contributed by atoms with van der Waals surface area (Å²) in [5.41, 5.74) is 0.896. The lowest BCUT2D eigenvalue weighted by atomic mass is 9.99. The number of aliphatic carboxylic acids is 2. The van der Waals surface area contributed by atoms with Gasteiger partial charge in [0.1, 0.15) is 5.78 Å². The number of hydrogen-bond acceptors (Lipinski definition) is 5. The molecule has 33 heavy (non-hydrogen) atoms. The van der Waals surface area contributed by atoms with Gasteiger partial charge in [-0.3, -0.25) is 9.59 Å². The highest BCUT2D eigenvalue weighted by Crippen LogP contribution is 2.24. The second-order valence-electron chi connectivity index (χ2n) is 8.01. The maximum absolute atomic E-state index is 12.8. The zero-order chi connectivity index (χ0) is 24.4. The van der Waals surface area contributed by atoms with Gasteiger partial charge in [-0.15, -0.1) is 0 Å². The van der Waals surface area contributed by atoms with E-state index < -0.39 is 11.9 Å². The normalized spacial score (nSPS) is 19.2. The van der Waals surface area contributed by atoms with E-state index in [1.165, 1.54) is 0 Å². The van der Waals surface area contributed by atoms with E-state index >= 15 is 0 Å². The number of benzene rings is 1. The number of carboxylic acids is 2. The SMILES string of the molecule is O=C(O)/C=C\C(=O)O.O=C1CCN(CC2CCCCN2C(=O)Cc2ccc(Cl)c(Cl)c2)CC1. The van der Waals surface area contributed by atoms with E-state index in [9.17, 15) is 19.2 Å². The van der Waals surface area contributed by atoms with Gasteiger partial charge >= 0.3 is 11.9 Å². The third-order valence-corrected chi connectivity index (χ3v) is 6.28. The Bertz CT molecular complexity index is 879. The second-order valence-corrected chi connectivity index (χ2v) is 8.83. The van der Waals surface area contributed by atoms with Gasteiger partial charge in [-0.1, -0.05) is 29.3 Å². The molecule has 2 N–H and O–H groups in total. The number of ketones is 1. The highest BCUT2D eigenvalue weighted by atomic mass is 35.5. The Labute approximate surface area is 202 Å². The van der Waals surface area contributed by atoms with Gasteiger partial charge in [0.2, 0.25) is 5.91 Å². The van der Waals surface area contributed by atoms with E-state index in [1.807, 2.05) is 11.0 Å². The first-order valence-electron chi connectivity index (χ1n) is 10.8. The third kappa shape index (κ3) is 9.53. The molecule has 2 heterocycles. The van der Waals surface area contributed by atoms with Crippen LogP contribution in [0.2, 0.25) is 10.0 Å². The van der Waals surface area contributed by atoms with Crippen molar-refractivity contribution in [2.75, 3.05) is 26.2 Å². The minimum atomic E-state index is -1.26. The van der Waals surface area contributed by atoms with Gasteiger partial charge in [0.25, 0.3) is 0 Å². The predicted octanol–water partition coefficient (Wildman–Crippen LogP) is 3.29. The van der Waals surface area contributed by atoms with Crippen molar-refractivity contribution in [1.82, 2.24) is 9.80 Å². The molecule has 2 saturated heterocycles. The first kappa shape index (κ1) is 26.8. The van der Waals surface area contributed by atoms with Crippen LogP contribution in [0.3, 0.4) is 0 Å². The lowest BCUT2D eigenvalue weighted by Crippen LogP contribution is -2.51. The molecule has 0 spiro atoms. The van der Waals surface area contributed by atoms with Gasteiger partial charge in [0.05, 0.1) is 16.5 Å². The maximum atomic E-state index is 12.8. The average molecular weight is 499 g/mol. The van der Waals surface area contributed by atoms with Crippen LogP contribution in [0.1, 0.15) is 37.7 Å². The third-order valence-electron chi connectivity index (χ3n) is 5.54. The highest BCUT2D eigenvalue weighted by molar-refractivity contribution is 6.42. The molecule has 0 radical (unpaired) electrons. The van der Waals surface area contributed by atoms with E-state index in [0.29, 0.717) is 47.2 Å². The minimum Gasteiger partial charge on any atom is -0.478 e. The second kappa shape index (κ2) is 13.3. The molecule has 2 aliphatic heterocycles. The molecule has 180 valence electrons. The lowest BCUT2D eigenvalue weighted by Gasteiger charge is -2.39. The Kier molecular flexibility index (Phi) is 10.8. The van der Waals surface area contributed by atoms with E-state index in [1.54, 1.807) is 12.1 Å². The summed E-state index contributed by atoms with van der Waals surface area (Å²) in [6, 6.07) is 5.63. The lowest BCUT2D eigenvalue weighted by molar-refractivity contribution is -0.135. The number of rotatable bonds is 6. The number of piperidine rings is 2. The van der Waals surface area contributed by atoms with Crippen LogP contribution in [0.15, 0.2) is 30.4 Å². The van der Waals surface area contributed by atoms with Crippen LogP contribution in [0.25, 0.3) is 0 Å². The number of nitrogens with zero attached hydrogens (tertiary/aromatic N) is 2. The summed E-state index contributed by atoms with van der Waals surface area (Å²) in [7, 11) is 0. The van der Waals surface area contributed by atoms with Crippen molar-refractivity contribution in [1.29, 1.82) is 0 Å². The summed E-state index contributed by atoms with van der Waals surface area (Å²) in [6.45, 7) is 3.34. The first-order chi connectivity index (χ1) is 15.7. The van der Waals surface area contributed by atoms with Gasteiger partial charge in [0.15, 0.2) is 0 Å². The van der Waals surface area contributed by atoms with Gasteiger partial charge in [0, 0.05) is 57.2 Å². The molecule has 10 heteroatoms. The zero-order valence-corrected chi connectivity index (χ0v) is 19.7. The van der Waals surface area contributed by atoms with Crippen LogP contribution in [-0.4, -0.2) is 75.9 Å². The summed E-state index contributed by atoms with van der Waals surface area (Å²) in [6.07, 6.45) is 6.01. The van der Waals surface area contributed by atoms with Gasteiger partial charge < -0.3 is 20.0 Å². The molecule has 0 saturated carbocycles. The molecule has 1 amide bonds. The quantitative estimate of drug-likeness (QED) is 0.578. The van der Waals surface area contributed by atoms with Crippen molar-refractivity contribution in [3.8, 4) is 0 Å². The largest absolute Gasteiger partial charge is 0.478 e. The maximum Gasteiger partial charge on any atom is 0.328 e. The zero-order valence-electron chi connectivity index (χ0n) is 18.2. The molecule has 0 aromatic heterocycles. The first-order valence-corrected chi connectivity index (χ1v) is 11.5. The highest BCUT2D eigenvalue weighted by Gasteiger charge is 2.29. The summed E-state index contributed by atoms with van der Waals surface area (Å²) >= 11 is 12.0. The standard InChI is InChI=1S/C19H24Cl2N2O2.C4H4O4/c20-17-5-4-14(11-18(17)21)12-19(25)23-8-2-1-3-15(23)13-22-9-6-16(24)7-10-22;5-3(6)1-2-4(7)8/h4-5,11,15H,1-3,6-10,12-13H2;1-2H,(H,5,6)(H,7,8)/b;2-1-. The summed E-state index contributed by atoms with van der Waals surface area (Å²) < 4.78 is 0. The van der Waals surface area contributed by atoms with Crippen molar-refractivity contribution in [2.45, 2.75) is 44.6 Å². The predicted molar refractivity (Wildman–Crippen MR) is 125 cm³/mol. The number of carbonyl (C=O) groups excluding carboxylic acids is 2. The van der Waals surface area contributed by atoms with E-state index in [0.717, 1.165) is 51.0 Å². The van der Waals surface area contributed by atoms with Crippen LogP contribution in [0.4, 0.5) is 0 Å². The average Bonchev–Trinajstić information content (AvgIpc) is 2.77. The fraction of sp³-hybridized carbons (Fsp3) is 0.478. The van der Waals surface area contributed by atoms with Crippen molar-refractivity contribution in [2.24, 2.45) is 0 Å². The van der Waals surface area contributed by atoms with Gasteiger partial charge in [-0.2, -0.15) is 0 Å². The summed E-state index contributed by atoms with van der Waals surface area (Å²) in [4.78, 5) is 47.7. The summed E-state index contributed by atoms with van der Waals surface area (Å²) in [5, 5.41) is 16.6. The van der Waals surface area contributed by atoms with Crippen molar-refractivity contribution >= 4 is 46.8 Å². The van der Waals surface area contributed by atoms with E-state index in [2.05, 4.69) is 4.90 Å². The molecular formula is C23H28Cl2N2O6. The fourth-order valence-electron chi connectivity index (χ4n) is 3.87. The molecule has 2 aliphatic rings. The van der Waals surface area contributed by atoms with Gasteiger partial charge in [-0.05, 0) is 37.0 Å². The number of hydrogen-bond donors (Lipinski definition) is 2. The molecule has 1 aromatic rings. The fourth-order valence-corrected chi connectivity index (χ4v) is 4.19. The molecular weight excluding hydrogens is 471 g/mol. The van der Waals surface area contributed by atoms with Crippen LogP contribution in [-0.2, 0) is 25.6 Å². The molecule has 1 unspecified atom stereocenters. The Morgan fingerprint density at radius 2 is 1.61 bits per heavy atom. The molecule has 0 aliphatic carbocycles. The minimum absolute atomic E-state index is 0.149. The van der Waals surface area contributed by atoms with Crippen molar-refractivity contribution < 1.29 is 29.4 Å². The Morgan fingerprint density at radius 3 is 2.18 bits per heavy atom. The Hall–Kier alpha value is -2.42. The van der Waals surface area contributed by atoms with Crippen molar-refractivity contribution in [3.63, 3.8) is 0 Å². The smallest absolute Gasteiger partial charge is 0.328 e. The number of carboxylic acid groups (broad SMARTS) is 2. The monoisotopic (exact) mass is 498 g/mol. The Morgan fingerprint density at radius 1 is 0.970 bits per heavy atom. The molecule has 1 atom stereocenters. The number of carbonyl (C=O) groups is 4. The van der Waals surface area contributed by atoms with E-state index in [4.69, 9.17) is 33.4 Å². The number of likely N-dealkylation sites (tertiary alicyclic amines) is 2. The number of Topliss-reactive ketones (excluding diaryl/α,β-unsaturated/α-hetero) is 1. The van der Waals surface area contributed by atoms with Crippen LogP contribution < -0.4 is 0 Å². The summed E-state index contributed by atoms with van der Waals surface area (Å²) in [5.74, 6) is -2.01. The van der Waals surface area contributed by atoms with Crippen molar-refractivity contribution in [3.05, 3.63) is 46.0 Å². The Balaban J connectivity index is 0.000000414. The molecule has 0 bridgehead atoms. The van der Waals surface area contributed by atoms with Crippen LogP contribution in [0.5, 0.6) is 0 Å².